The molecular formula is C25H47NO4Si2. The average Bonchev–Trinajstić information content (AvgIpc) is 2.64. The normalized spacial score (nSPS) is 26.4. The second-order valence-electron chi connectivity index (χ2n) is 12.4. The first-order valence-corrected chi connectivity index (χ1v) is 17.7. The Morgan fingerprint density at radius 1 is 0.906 bits per heavy atom. The summed E-state index contributed by atoms with van der Waals surface area (Å²) in [5.74, 6) is 0. The van der Waals surface area contributed by atoms with Crippen molar-refractivity contribution in [1.82, 2.24) is 4.90 Å². The third-order valence-corrected chi connectivity index (χ3v) is 16.9. The molecule has 1 aromatic rings. The highest BCUT2D eigenvalue weighted by molar-refractivity contribution is 6.74. The third kappa shape index (κ3) is 6.31. The van der Waals surface area contributed by atoms with Crippen LogP contribution in [0.4, 0.5) is 0 Å². The molecule has 32 heavy (non-hydrogen) atoms. The first-order valence-electron chi connectivity index (χ1n) is 11.9. The highest BCUT2D eigenvalue weighted by Crippen LogP contribution is 2.42. The average molecular weight is 482 g/mol. The van der Waals surface area contributed by atoms with Crippen LogP contribution < -0.4 is 0 Å². The van der Waals surface area contributed by atoms with Crippen LogP contribution in [0, 0.1) is 0 Å². The standard InChI is InChI=1S/C25H47NO4Si2/c1-24(2,3)31(7,8)29-21-17-26(16-19-14-12-11-13-15-19)20(18-27)22(28)23(21)30-32(9,10)25(4,5)6/h11-15,20-23,27-28H,16-18H2,1-10H3/t20-,21+,22-,23-/m1/s1. The fourth-order valence-electron chi connectivity index (χ4n) is 3.67. The Morgan fingerprint density at radius 2 is 1.41 bits per heavy atom. The molecule has 0 spiro atoms. The molecule has 0 bridgehead atoms. The number of benzene rings is 1. The van der Waals surface area contributed by atoms with Gasteiger partial charge in [0.05, 0.1) is 31.0 Å². The van der Waals surface area contributed by atoms with Crippen LogP contribution in [0.25, 0.3) is 0 Å². The Hall–Kier alpha value is -0.546. The highest BCUT2D eigenvalue weighted by atomic mass is 28.4. The second-order valence-corrected chi connectivity index (χ2v) is 21.9. The molecule has 0 aliphatic carbocycles. The summed E-state index contributed by atoms with van der Waals surface area (Å²) in [7, 11) is -4.26. The van der Waals surface area contributed by atoms with E-state index in [0.29, 0.717) is 13.1 Å². The molecule has 1 aliphatic rings. The predicted molar refractivity (Wildman–Crippen MR) is 138 cm³/mol. The van der Waals surface area contributed by atoms with Crippen molar-refractivity contribution in [3.05, 3.63) is 35.9 Å². The number of rotatable bonds is 7. The van der Waals surface area contributed by atoms with Crippen LogP contribution in [0.15, 0.2) is 30.3 Å². The molecule has 7 heteroatoms. The SMILES string of the molecule is CC(C)(C)[Si](C)(C)O[C@H]1[C@H](O)[C@@H](CO)N(Cc2ccccc2)C[C@@H]1O[Si](C)(C)C(C)(C)C. The van der Waals surface area contributed by atoms with Gasteiger partial charge in [0.2, 0.25) is 0 Å². The van der Waals surface area contributed by atoms with Crippen molar-refractivity contribution in [2.24, 2.45) is 0 Å². The zero-order chi connectivity index (χ0) is 24.5. The smallest absolute Gasteiger partial charge is 0.192 e. The molecule has 0 amide bonds. The largest absolute Gasteiger partial charge is 0.410 e. The molecule has 1 aromatic carbocycles. The Morgan fingerprint density at radius 3 is 1.88 bits per heavy atom. The summed E-state index contributed by atoms with van der Waals surface area (Å²) in [6, 6.07) is 9.84. The molecule has 2 N–H and O–H groups in total. The topological polar surface area (TPSA) is 62.2 Å². The van der Waals surface area contributed by atoms with Crippen molar-refractivity contribution in [2.45, 2.75) is 109 Å². The zero-order valence-electron chi connectivity index (χ0n) is 22.0. The summed E-state index contributed by atoms with van der Waals surface area (Å²) < 4.78 is 13.7. The minimum absolute atomic E-state index is 0.0180. The van der Waals surface area contributed by atoms with Crippen LogP contribution in [0.1, 0.15) is 47.1 Å². The predicted octanol–water partition coefficient (Wildman–Crippen LogP) is 5.00. The van der Waals surface area contributed by atoms with Crippen LogP contribution in [0.5, 0.6) is 0 Å². The summed E-state index contributed by atoms with van der Waals surface area (Å²) in [6.07, 6.45) is -1.51. The maximum Gasteiger partial charge on any atom is 0.192 e. The summed E-state index contributed by atoms with van der Waals surface area (Å²) in [4.78, 5) is 2.17. The molecule has 0 radical (unpaired) electrons. The van der Waals surface area contributed by atoms with Crippen LogP contribution in [0.3, 0.4) is 0 Å². The first-order chi connectivity index (χ1) is 14.5. The molecule has 0 saturated carbocycles. The third-order valence-electron chi connectivity index (χ3n) is 7.89. The van der Waals surface area contributed by atoms with Gasteiger partial charge in [-0.05, 0) is 41.8 Å². The Bertz CT molecular complexity index is 728. The van der Waals surface area contributed by atoms with Gasteiger partial charge in [-0.15, -0.1) is 0 Å². The van der Waals surface area contributed by atoms with Gasteiger partial charge in [0.1, 0.15) is 0 Å². The number of nitrogens with zero attached hydrogens (tertiary/aromatic N) is 1. The Balaban J connectivity index is 2.41. The van der Waals surface area contributed by atoms with Crippen molar-refractivity contribution in [1.29, 1.82) is 0 Å². The van der Waals surface area contributed by atoms with Crippen LogP contribution in [-0.2, 0) is 15.4 Å². The van der Waals surface area contributed by atoms with E-state index in [1.807, 2.05) is 18.2 Å². The monoisotopic (exact) mass is 481 g/mol. The van der Waals surface area contributed by atoms with E-state index in [9.17, 15) is 10.2 Å². The van der Waals surface area contributed by atoms with Gasteiger partial charge < -0.3 is 19.1 Å². The number of aliphatic hydroxyl groups excluding tert-OH is 2. The van der Waals surface area contributed by atoms with Gasteiger partial charge >= 0.3 is 0 Å². The summed E-state index contributed by atoms with van der Waals surface area (Å²) in [5, 5.41) is 21.8. The maximum atomic E-state index is 11.5. The van der Waals surface area contributed by atoms with Gasteiger partial charge in [0.15, 0.2) is 16.6 Å². The van der Waals surface area contributed by atoms with Crippen molar-refractivity contribution >= 4 is 16.6 Å². The van der Waals surface area contributed by atoms with Gasteiger partial charge in [0.25, 0.3) is 0 Å². The van der Waals surface area contributed by atoms with Gasteiger partial charge in [-0.1, -0.05) is 71.9 Å². The van der Waals surface area contributed by atoms with Gasteiger partial charge in [0, 0.05) is 13.1 Å². The molecule has 2 rings (SSSR count). The number of aliphatic hydroxyl groups is 2. The minimum atomic E-state index is -2.16. The molecule has 1 fully saturated rings. The Kier molecular flexibility index (Phi) is 8.64. The lowest BCUT2D eigenvalue weighted by atomic mass is 9.93. The molecule has 184 valence electrons. The molecule has 1 saturated heterocycles. The van der Waals surface area contributed by atoms with Crippen molar-refractivity contribution in [2.75, 3.05) is 13.2 Å². The van der Waals surface area contributed by atoms with Gasteiger partial charge in [-0.25, -0.2) is 0 Å². The van der Waals surface area contributed by atoms with E-state index in [-0.39, 0.29) is 28.8 Å². The molecule has 4 atom stereocenters. The van der Waals surface area contributed by atoms with Gasteiger partial charge in [-0.3, -0.25) is 4.90 Å². The molecule has 1 aliphatic heterocycles. The van der Waals surface area contributed by atoms with Gasteiger partial charge in [-0.2, -0.15) is 0 Å². The number of hydrogen-bond donors (Lipinski definition) is 2. The number of likely N-dealkylation sites (tertiary alicyclic amines) is 1. The van der Waals surface area contributed by atoms with Crippen molar-refractivity contribution in [3.8, 4) is 0 Å². The first kappa shape index (κ1) is 27.7. The van der Waals surface area contributed by atoms with Crippen molar-refractivity contribution < 1.29 is 19.1 Å². The van der Waals surface area contributed by atoms with Crippen LogP contribution in [-0.4, -0.2) is 69.3 Å². The fourth-order valence-corrected chi connectivity index (χ4v) is 6.31. The molecule has 0 unspecified atom stereocenters. The lowest BCUT2D eigenvalue weighted by molar-refractivity contribution is -0.137. The maximum absolute atomic E-state index is 11.5. The highest BCUT2D eigenvalue weighted by Gasteiger charge is 2.51. The lowest BCUT2D eigenvalue weighted by Crippen LogP contribution is -2.67. The Labute approximate surface area is 198 Å². The minimum Gasteiger partial charge on any atom is -0.410 e. The van der Waals surface area contributed by atoms with Crippen LogP contribution in [0.2, 0.25) is 36.3 Å². The van der Waals surface area contributed by atoms with Crippen molar-refractivity contribution in [3.63, 3.8) is 0 Å². The summed E-state index contributed by atoms with van der Waals surface area (Å²) in [6.45, 7) is 23.5. The van der Waals surface area contributed by atoms with E-state index in [2.05, 4.69) is 84.8 Å². The van der Waals surface area contributed by atoms with E-state index in [4.69, 9.17) is 8.85 Å². The van der Waals surface area contributed by atoms with E-state index >= 15 is 0 Å². The summed E-state index contributed by atoms with van der Waals surface area (Å²) >= 11 is 0. The molecular weight excluding hydrogens is 434 g/mol. The summed E-state index contributed by atoms with van der Waals surface area (Å²) in [5.41, 5.74) is 1.16. The number of piperidine rings is 1. The molecule has 0 aromatic heterocycles. The molecule has 5 nitrogen and oxygen atoms in total. The van der Waals surface area contributed by atoms with E-state index < -0.39 is 28.8 Å². The van der Waals surface area contributed by atoms with Crippen LogP contribution >= 0.6 is 0 Å². The lowest BCUT2D eigenvalue weighted by Gasteiger charge is -2.52. The fraction of sp³-hybridized carbons (Fsp3) is 0.760. The van der Waals surface area contributed by atoms with E-state index in [1.165, 1.54) is 0 Å². The quantitative estimate of drug-likeness (QED) is 0.536. The van der Waals surface area contributed by atoms with E-state index in [1.54, 1.807) is 0 Å². The zero-order valence-corrected chi connectivity index (χ0v) is 24.0. The molecule has 1 heterocycles. The number of hydrogen-bond acceptors (Lipinski definition) is 5. The van der Waals surface area contributed by atoms with E-state index in [0.717, 1.165) is 5.56 Å². The second kappa shape index (κ2) is 9.98.